The van der Waals surface area contributed by atoms with Crippen molar-refractivity contribution in [2.45, 2.75) is 36.5 Å². The minimum atomic E-state index is -4.28. The van der Waals surface area contributed by atoms with Crippen molar-refractivity contribution in [3.63, 3.8) is 0 Å². The zero-order valence-electron chi connectivity index (χ0n) is 14.3. The maximum Gasteiger partial charge on any atom is 0.340 e. The van der Waals surface area contributed by atoms with Crippen molar-refractivity contribution >= 4 is 31.6 Å². The van der Waals surface area contributed by atoms with E-state index in [0.717, 1.165) is 23.4 Å². The van der Waals surface area contributed by atoms with Gasteiger partial charge in [-0.25, -0.2) is 8.42 Å². The first-order valence-electron chi connectivity index (χ1n) is 7.46. The zero-order valence-corrected chi connectivity index (χ0v) is 16.7. The fourth-order valence-electron chi connectivity index (χ4n) is 2.24. The molecule has 0 spiro atoms. The van der Waals surface area contributed by atoms with E-state index in [1.54, 1.807) is 12.1 Å². The molecule has 0 atom stereocenters. The molecular weight excluding hydrogens is 384 g/mol. The normalized spacial score (nSPS) is 12.4. The molecule has 0 aromatic heterocycles. The van der Waals surface area contributed by atoms with Gasteiger partial charge in [0.15, 0.2) is 9.84 Å². The molecule has 8 heteroatoms. The van der Waals surface area contributed by atoms with Crippen LogP contribution in [-0.4, -0.2) is 23.1 Å². The summed E-state index contributed by atoms with van der Waals surface area (Å²) in [4.78, 5) is -0.532. The number of sulfone groups is 1. The van der Waals surface area contributed by atoms with Crippen LogP contribution in [0.15, 0.2) is 46.2 Å². The molecule has 136 valence electrons. The van der Waals surface area contributed by atoms with E-state index in [-0.39, 0.29) is 26.5 Å². The number of aryl methyl sites for hydroxylation is 1. The lowest BCUT2D eigenvalue weighted by Crippen LogP contribution is -2.12. The highest BCUT2D eigenvalue weighted by Gasteiger charge is 2.23. The molecule has 0 unspecified atom stereocenters. The van der Waals surface area contributed by atoms with Gasteiger partial charge >= 0.3 is 10.1 Å². The van der Waals surface area contributed by atoms with Gasteiger partial charge < -0.3 is 4.18 Å². The molecular formula is C17H19ClO5S2. The van der Waals surface area contributed by atoms with E-state index >= 15 is 0 Å². The minimum absolute atomic E-state index is 0.107. The van der Waals surface area contributed by atoms with Crippen molar-refractivity contribution in [2.75, 3.05) is 6.26 Å². The molecule has 25 heavy (non-hydrogen) atoms. The van der Waals surface area contributed by atoms with Crippen LogP contribution in [0.1, 0.15) is 30.9 Å². The molecule has 0 amide bonds. The van der Waals surface area contributed by atoms with Gasteiger partial charge in [-0.2, -0.15) is 8.42 Å². The molecule has 0 fully saturated rings. The lowest BCUT2D eigenvalue weighted by molar-refractivity contribution is 0.485. The first-order valence-corrected chi connectivity index (χ1v) is 11.1. The average molecular weight is 403 g/mol. The highest BCUT2D eigenvalue weighted by Crippen LogP contribution is 2.29. The third kappa shape index (κ3) is 4.74. The summed E-state index contributed by atoms with van der Waals surface area (Å²) in [6.07, 6.45) is 0.989. The maximum atomic E-state index is 12.6. The summed E-state index contributed by atoms with van der Waals surface area (Å²) < 4.78 is 53.7. The smallest absolute Gasteiger partial charge is 0.340 e. The SMILES string of the molecule is Cc1cc(OS(=O)(=O)c2cc(S(C)(=O)=O)ccc2Cl)cc(C(C)C)c1. The summed E-state index contributed by atoms with van der Waals surface area (Å²) in [7, 11) is -7.86. The van der Waals surface area contributed by atoms with Gasteiger partial charge in [0, 0.05) is 6.26 Å². The molecule has 2 aromatic carbocycles. The van der Waals surface area contributed by atoms with Gasteiger partial charge in [0.05, 0.1) is 9.92 Å². The van der Waals surface area contributed by atoms with Crippen molar-refractivity contribution in [2.24, 2.45) is 0 Å². The van der Waals surface area contributed by atoms with E-state index in [4.69, 9.17) is 15.8 Å². The van der Waals surface area contributed by atoms with Crippen molar-refractivity contribution in [1.29, 1.82) is 0 Å². The summed E-state index contributed by atoms with van der Waals surface area (Å²) in [5, 5.41) is -0.107. The van der Waals surface area contributed by atoms with Crippen LogP contribution < -0.4 is 4.18 Å². The quantitative estimate of drug-likeness (QED) is 0.708. The molecule has 0 bridgehead atoms. The van der Waals surface area contributed by atoms with Gasteiger partial charge in [-0.05, 0) is 54.3 Å². The van der Waals surface area contributed by atoms with E-state index < -0.39 is 20.0 Å². The third-order valence-electron chi connectivity index (χ3n) is 3.55. The number of hydrogen-bond donors (Lipinski definition) is 0. The molecule has 0 saturated heterocycles. The molecule has 0 saturated carbocycles. The molecule has 0 N–H and O–H groups in total. The lowest BCUT2D eigenvalue weighted by atomic mass is 10.0. The number of rotatable bonds is 5. The van der Waals surface area contributed by atoms with E-state index in [9.17, 15) is 16.8 Å². The van der Waals surface area contributed by atoms with Crippen LogP contribution in [0, 0.1) is 6.92 Å². The number of halogens is 1. The Morgan fingerprint density at radius 3 is 2.20 bits per heavy atom. The Morgan fingerprint density at radius 2 is 1.64 bits per heavy atom. The summed E-state index contributed by atoms with van der Waals surface area (Å²) in [5.41, 5.74) is 1.79. The Kier molecular flexibility index (Phi) is 5.51. The van der Waals surface area contributed by atoms with Crippen LogP contribution in [0.25, 0.3) is 0 Å². The second-order valence-corrected chi connectivity index (χ2v) is 10.1. The molecule has 0 heterocycles. The van der Waals surface area contributed by atoms with Gasteiger partial charge in [-0.1, -0.05) is 31.5 Å². The molecule has 0 aliphatic carbocycles. The summed E-state index contributed by atoms with van der Waals surface area (Å²) in [6, 6.07) is 8.67. The first-order chi connectivity index (χ1) is 11.4. The van der Waals surface area contributed by atoms with Gasteiger partial charge in [-0.3, -0.25) is 0 Å². The molecule has 2 aromatic rings. The third-order valence-corrected chi connectivity index (χ3v) is 6.39. The fraction of sp³-hybridized carbons (Fsp3) is 0.294. The van der Waals surface area contributed by atoms with Crippen molar-refractivity contribution in [3.05, 3.63) is 52.5 Å². The van der Waals surface area contributed by atoms with Gasteiger partial charge in [0.1, 0.15) is 10.6 Å². The Bertz CT molecular complexity index is 1010. The Balaban J connectivity index is 2.50. The predicted molar refractivity (Wildman–Crippen MR) is 97.6 cm³/mol. The highest BCUT2D eigenvalue weighted by atomic mass is 35.5. The van der Waals surface area contributed by atoms with E-state index in [0.29, 0.717) is 0 Å². The second-order valence-electron chi connectivity index (χ2n) is 6.14. The Morgan fingerprint density at radius 1 is 1.00 bits per heavy atom. The number of benzene rings is 2. The monoisotopic (exact) mass is 402 g/mol. The topological polar surface area (TPSA) is 77.5 Å². The van der Waals surface area contributed by atoms with Gasteiger partial charge in [0.2, 0.25) is 0 Å². The molecule has 0 aliphatic heterocycles. The van der Waals surface area contributed by atoms with E-state index in [1.807, 2.05) is 26.8 Å². The Hall–Kier alpha value is -1.57. The summed E-state index contributed by atoms with van der Waals surface area (Å²) in [5.74, 6) is 0.353. The van der Waals surface area contributed by atoms with Crippen molar-refractivity contribution in [3.8, 4) is 5.75 Å². The van der Waals surface area contributed by atoms with Crippen LogP contribution >= 0.6 is 11.6 Å². The second kappa shape index (κ2) is 6.97. The van der Waals surface area contributed by atoms with Gasteiger partial charge in [-0.15, -0.1) is 0 Å². The Labute approximate surface area is 153 Å². The number of hydrogen-bond acceptors (Lipinski definition) is 5. The van der Waals surface area contributed by atoms with Crippen LogP contribution in [0.5, 0.6) is 5.75 Å². The maximum absolute atomic E-state index is 12.6. The predicted octanol–water partition coefficient (Wildman–Crippen LogP) is 3.94. The van der Waals surface area contributed by atoms with Crippen molar-refractivity contribution < 1.29 is 21.0 Å². The lowest BCUT2D eigenvalue weighted by Gasteiger charge is -2.13. The average Bonchev–Trinajstić information content (AvgIpc) is 2.44. The van der Waals surface area contributed by atoms with Gasteiger partial charge in [0.25, 0.3) is 0 Å². The van der Waals surface area contributed by atoms with Crippen LogP contribution in [0.4, 0.5) is 0 Å². The summed E-state index contributed by atoms with van der Waals surface area (Å²) >= 11 is 5.96. The first kappa shape index (κ1) is 19.8. The zero-order chi connectivity index (χ0) is 19.0. The van der Waals surface area contributed by atoms with Crippen LogP contribution in [-0.2, 0) is 20.0 Å². The highest BCUT2D eigenvalue weighted by molar-refractivity contribution is 7.90. The molecule has 2 rings (SSSR count). The molecule has 0 aliphatic rings. The molecule has 5 nitrogen and oxygen atoms in total. The standard InChI is InChI=1S/C17H19ClO5S2/c1-11(2)13-7-12(3)8-14(9-13)23-25(21,22)17-10-15(24(4,19)20)5-6-16(17)18/h5-11H,1-4H3. The minimum Gasteiger partial charge on any atom is -0.379 e. The summed E-state index contributed by atoms with van der Waals surface area (Å²) in [6.45, 7) is 5.81. The van der Waals surface area contributed by atoms with Crippen LogP contribution in [0.3, 0.4) is 0 Å². The van der Waals surface area contributed by atoms with E-state index in [1.165, 1.54) is 12.1 Å². The fourth-order valence-corrected chi connectivity index (χ4v) is 4.38. The van der Waals surface area contributed by atoms with Crippen molar-refractivity contribution in [1.82, 2.24) is 0 Å². The van der Waals surface area contributed by atoms with Crippen LogP contribution in [0.2, 0.25) is 5.02 Å². The van der Waals surface area contributed by atoms with E-state index in [2.05, 4.69) is 0 Å². The molecule has 0 radical (unpaired) electrons. The largest absolute Gasteiger partial charge is 0.379 e.